The molecule has 0 aromatic heterocycles. The normalized spacial score (nSPS) is 10.4. The Morgan fingerprint density at radius 1 is 0.619 bits per heavy atom. The lowest BCUT2D eigenvalue weighted by atomic mass is 9.97. The van der Waals surface area contributed by atoms with E-state index in [1.807, 2.05) is 18.2 Å². The molecule has 0 heterocycles. The van der Waals surface area contributed by atoms with E-state index in [0.717, 1.165) is 11.4 Å². The molecule has 0 aliphatic carbocycles. The van der Waals surface area contributed by atoms with Gasteiger partial charge in [0.15, 0.2) is 0 Å². The van der Waals surface area contributed by atoms with E-state index in [1.165, 1.54) is 22.3 Å². The Balaban J connectivity index is 1.86. The van der Waals surface area contributed by atoms with Crippen LogP contribution < -0.4 is 5.32 Å². The van der Waals surface area contributed by atoms with Gasteiger partial charge in [0.05, 0.1) is 0 Å². The van der Waals surface area contributed by atoms with E-state index in [2.05, 4.69) is 73.8 Å². The number of hydrogen-bond donors (Lipinski definition) is 1. The maximum atomic E-state index is 3.41. The van der Waals surface area contributed by atoms with Crippen LogP contribution in [-0.2, 0) is 0 Å². The highest BCUT2D eigenvalue weighted by Gasteiger charge is 2.03. The molecule has 0 bridgehead atoms. The maximum absolute atomic E-state index is 3.41. The second kappa shape index (κ2) is 5.84. The predicted octanol–water partition coefficient (Wildman–Crippen LogP) is 5.71. The summed E-state index contributed by atoms with van der Waals surface area (Å²) < 4.78 is 0. The molecule has 3 aromatic carbocycles. The van der Waals surface area contributed by atoms with Gasteiger partial charge in [0.1, 0.15) is 0 Å². The minimum atomic E-state index is 1.11. The topological polar surface area (TPSA) is 12.0 Å². The summed E-state index contributed by atoms with van der Waals surface area (Å²) in [6.07, 6.45) is 0. The zero-order valence-electron chi connectivity index (χ0n) is 12.4. The highest BCUT2D eigenvalue weighted by atomic mass is 14.9. The van der Waals surface area contributed by atoms with Crippen molar-refractivity contribution in [3.63, 3.8) is 0 Å². The van der Waals surface area contributed by atoms with E-state index >= 15 is 0 Å². The zero-order chi connectivity index (χ0) is 14.7. The Morgan fingerprint density at radius 2 is 1.29 bits per heavy atom. The first-order valence-corrected chi connectivity index (χ1v) is 7.23. The molecular weight excluding hydrogens is 254 g/mol. The van der Waals surface area contributed by atoms with Crippen LogP contribution in [0.3, 0.4) is 0 Å². The second-order valence-electron chi connectivity index (χ2n) is 5.32. The zero-order valence-corrected chi connectivity index (χ0v) is 12.4. The number of anilines is 2. The van der Waals surface area contributed by atoms with Crippen molar-refractivity contribution in [1.82, 2.24) is 0 Å². The van der Waals surface area contributed by atoms with Crippen molar-refractivity contribution in [1.29, 1.82) is 0 Å². The van der Waals surface area contributed by atoms with Crippen LogP contribution >= 0.6 is 0 Å². The van der Waals surface area contributed by atoms with Crippen molar-refractivity contribution in [3.05, 3.63) is 83.9 Å². The molecule has 0 aliphatic heterocycles. The molecule has 0 fully saturated rings. The second-order valence-corrected chi connectivity index (χ2v) is 5.32. The quantitative estimate of drug-likeness (QED) is 0.644. The fraction of sp³-hybridized carbons (Fsp3) is 0.100. The van der Waals surface area contributed by atoms with E-state index in [0.29, 0.717) is 0 Å². The van der Waals surface area contributed by atoms with Crippen molar-refractivity contribution in [2.24, 2.45) is 0 Å². The Bertz CT molecular complexity index is 728. The first-order valence-electron chi connectivity index (χ1n) is 7.23. The van der Waals surface area contributed by atoms with Crippen molar-refractivity contribution in [3.8, 4) is 11.1 Å². The van der Waals surface area contributed by atoms with Gasteiger partial charge in [-0.2, -0.15) is 0 Å². The van der Waals surface area contributed by atoms with Crippen molar-refractivity contribution in [2.75, 3.05) is 5.32 Å². The third-order valence-electron chi connectivity index (χ3n) is 3.86. The van der Waals surface area contributed by atoms with Crippen LogP contribution in [0.2, 0.25) is 0 Å². The summed E-state index contributed by atoms with van der Waals surface area (Å²) in [5, 5.41) is 3.41. The summed E-state index contributed by atoms with van der Waals surface area (Å²) in [6, 6.07) is 25.3. The maximum Gasteiger partial charge on any atom is 0.0384 e. The lowest BCUT2D eigenvalue weighted by Gasteiger charge is -2.10. The standard InChI is InChI=1S/C20H19N/c1-15-7-6-10-20(16(15)2)17-11-13-19(14-12-17)21-18-8-4-3-5-9-18/h3-14,21H,1-2H3. The molecule has 3 aromatic rings. The molecule has 0 unspecified atom stereocenters. The minimum absolute atomic E-state index is 1.11. The lowest BCUT2D eigenvalue weighted by Crippen LogP contribution is -1.90. The van der Waals surface area contributed by atoms with E-state index in [1.54, 1.807) is 0 Å². The summed E-state index contributed by atoms with van der Waals surface area (Å²) in [4.78, 5) is 0. The number of aryl methyl sites for hydroxylation is 1. The van der Waals surface area contributed by atoms with Crippen LogP contribution in [-0.4, -0.2) is 0 Å². The van der Waals surface area contributed by atoms with Gasteiger partial charge in [0.25, 0.3) is 0 Å². The van der Waals surface area contributed by atoms with Gasteiger partial charge in [0, 0.05) is 11.4 Å². The first kappa shape index (κ1) is 13.4. The molecule has 0 atom stereocenters. The highest BCUT2D eigenvalue weighted by molar-refractivity contribution is 5.71. The van der Waals surface area contributed by atoms with E-state index < -0.39 is 0 Å². The minimum Gasteiger partial charge on any atom is -0.356 e. The van der Waals surface area contributed by atoms with Crippen LogP contribution in [0, 0.1) is 13.8 Å². The number of nitrogens with one attached hydrogen (secondary N) is 1. The van der Waals surface area contributed by atoms with E-state index in [-0.39, 0.29) is 0 Å². The molecule has 1 heteroatoms. The van der Waals surface area contributed by atoms with E-state index in [9.17, 15) is 0 Å². The van der Waals surface area contributed by atoms with Crippen LogP contribution in [0.5, 0.6) is 0 Å². The highest BCUT2D eigenvalue weighted by Crippen LogP contribution is 2.27. The third kappa shape index (κ3) is 2.97. The van der Waals surface area contributed by atoms with Gasteiger partial charge in [-0.15, -0.1) is 0 Å². The molecule has 3 rings (SSSR count). The smallest absolute Gasteiger partial charge is 0.0384 e. The van der Waals surface area contributed by atoms with Crippen LogP contribution in [0.25, 0.3) is 11.1 Å². The molecule has 0 spiro atoms. The van der Waals surface area contributed by atoms with Gasteiger partial charge >= 0.3 is 0 Å². The Kier molecular flexibility index (Phi) is 3.74. The molecule has 21 heavy (non-hydrogen) atoms. The number of hydrogen-bond acceptors (Lipinski definition) is 1. The van der Waals surface area contributed by atoms with Gasteiger partial charge in [-0.25, -0.2) is 0 Å². The average Bonchev–Trinajstić information content (AvgIpc) is 2.52. The van der Waals surface area contributed by atoms with Crippen LogP contribution in [0.1, 0.15) is 11.1 Å². The molecule has 0 saturated heterocycles. The average molecular weight is 273 g/mol. The number of para-hydroxylation sites is 1. The summed E-state index contributed by atoms with van der Waals surface area (Å²) in [6.45, 7) is 4.34. The van der Waals surface area contributed by atoms with Gasteiger partial charge in [-0.05, 0) is 60.4 Å². The largest absolute Gasteiger partial charge is 0.356 e. The summed E-state index contributed by atoms with van der Waals surface area (Å²) in [7, 11) is 0. The van der Waals surface area contributed by atoms with Crippen LogP contribution in [0.4, 0.5) is 11.4 Å². The fourth-order valence-corrected chi connectivity index (χ4v) is 2.49. The Labute approximate surface area is 126 Å². The molecule has 0 saturated carbocycles. The number of benzene rings is 3. The van der Waals surface area contributed by atoms with Gasteiger partial charge in [-0.1, -0.05) is 48.5 Å². The van der Waals surface area contributed by atoms with Crippen molar-refractivity contribution >= 4 is 11.4 Å². The number of rotatable bonds is 3. The molecule has 0 radical (unpaired) electrons. The molecular formula is C20H19N. The summed E-state index contributed by atoms with van der Waals surface area (Å²) in [5.74, 6) is 0. The Hall–Kier alpha value is -2.54. The van der Waals surface area contributed by atoms with Gasteiger partial charge in [0.2, 0.25) is 0 Å². The molecule has 1 nitrogen and oxygen atoms in total. The molecule has 104 valence electrons. The monoisotopic (exact) mass is 273 g/mol. The van der Waals surface area contributed by atoms with Crippen molar-refractivity contribution in [2.45, 2.75) is 13.8 Å². The molecule has 0 amide bonds. The summed E-state index contributed by atoms with van der Waals surface area (Å²) >= 11 is 0. The fourth-order valence-electron chi connectivity index (χ4n) is 2.49. The Morgan fingerprint density at radius 3 is 2.00 bits per heavy atom. The predicted molar refractivity (Wildman–Crippen MR) is 91.1 cm³/mol. The lowest BCUT2D eigenvalue weighted by molar-refractivity contribution is 1.34. The van der Waals surface area contributed by atoms with E-state index in [4.69, 9.17) is 0 Å². The third-order valence-corrected chi connectivity index (χ3v) is 3.86. The molecule has 1 N–H and O–H groups in total. The molecule has 0 aliphatic rings. The SMILES string of the molecule is Cc1cccc(-c2ccc(Nc3ccccc3)cc2)c1C. The van der Waals surface area contributed by atoms with Crippen LogP contribution in [0.15, 0.2) is 72.8 Å². The van der Waals surface area contributed by atoms with Gasteiger partial charge < -0.3 is 5.32 Å². The first-order chi connectivity index (χ1) is 10.2. The van der Waals surface area contributed by atoms with Crippen molar-refractivity contribution < 1.29 is 0 Å². The summed E-state index contributed by atoms with van der Waals surface area (Å²) in [5.41, 5.74) is 7.46. The van der Waals surface area contributed by atoms with Gasteiger partial charge in [-0.3, -0.25) is 0 Å².